The normalized spacial score (nSPS) is 22.7. The Morgan fingerprint density at radius 2 is 1.91 bits per heavy atom. The minimum absolute atomic E-state index is 0.0296. The zero-order chi connectivity index (χ0) is 22.7. The maximum Gasteiger partial charge on any atom is 0.410 e. The average molecular weight is 439 g/mol. The second-order valence-corrected chi connectivity index (χ2v) is 9.43. The number of ether oxygens (including phenoxy) is 1. The van der Waals surface area contributed by atoms with Gasteiger partial charge >= 0.3 is 12.1 Å². The minimum atomic E-state index is -0.297. The lowest BCUT2D eigenvalue weighted by molar-refractivity contribution is 0.103. The van der Waals surface area contributed by atoms with Crippen molar-refractivity contribution in [2.75, 3.05) is 58.3 Å². The molecule has 7 heteroatoms. The van der Waals surface area contributed by atoms with E-state index in [0.717, 1.165) is 64.0 Å². The summed E-state index contributed by atoms with van der Waals surface area (Å²) >= 11 is 0. The van der Waals surface area contributed by atoms with Crippen molar-refractivity contribution in [3.63, 3.8) is 0 Å². The molecule has 2 fully saturated rings. The highest BCUT2D eigenvalue weighted by molar-refractivity contribution is 5.95. The van der Waals surface area contributed by atoms with Crippen LogP contribution < -0.4 is 4.90 Å². The Morgan fingerprint density at radius 3 is 2.62 bits per heavy atom. The molecule has 3 heterocycles. The Hall–Kier alpha value is -2.72. The van der Waals surface area contributed by atoms with Gasteiger partial charge in [0.2, 0.25) is 0 Å². The summed E-state index contributed by atoms with van der Waals surface area (Å²) in [5.41, 5.74) is 2.42. The fraction of sp³-hybridized carbons (Fsp3) is 0.600. The van der Waals surface area contributed by atoms with Crippen molar-refractivity contribution in [1.82, 2.24) is 14.7 Å². The van der Waals surface area contributed by atoms with E-state index in [9.17, 15) is 9.59 Å². The fourth-order valence-electron chi connectivity index (χ4n) is 5.61. The molecule has 0 radical (unpaired) electrons. The maximum atomic E-state index is 12.8. The monoisotopic (exact) mass is 438 g/mol. The molecule has 1 spiro atoms. The van der Waals surface area contributed by atoms with Gasteiger partial charge in [0.15, 0.2) is 6.61 Å². The Labute approximate surface area is 191 Å². The summed E-state index contributed by atoms with van der Waals surface area (Å²) in [6.45, 7) is 4.27. The van der Waals surface area contributed by atoms with Crippen molar-refractivity contribution >= 4 is 17.8 Å². The lowest BCUT2D eigenvalue weighted by Gasteiger charge is -2.43. The molecule has 0 N–H and O–H groups in total. The molecule has 3 aliphatic rings. The number of hydrogen-bond acceptors (Lipinski definition) is 4. The minimum Gasteiger partial charge on any atom is -0.436 e. The third kappa shape index (κ3) is 4.29. The van der Waals surface area contributed by atoms with Gasteiger partial charge in [0.05, 0.1) is 0 Å². The highest BCUT2D eigenvalue weighted by Crippen LogP contribution is 2.47. The number of amides is 3. The molecule has 1 aromatic carbocycles. The average Bonchev–Trinajstić information content (AvgIpc) is 2.95. The molecule has 0 saturated carbocycles. The lowest BCUT2D eigenvalue weighted by Crippen LogP contribution is -2.50. The first-order chi connectivity index (χ1) is 15.4. The first-order valence-electron chi connectivity index (χ1n) is 11.6. The number of para-hydroxylation sites is 1. The SMILES string of the molecule is C#CCOC(=O)N1CCCC(N2CCC3(CC2)CN(C(=O)N(C)C)c2ccccc23)CC1. The number of likely N-dealkylation sites (tertiary alicyclic amines) is 2. The summed E-state index contributed by atoms with van der Waals surface area (Å²) in [7, 11) is 3.63. The number of anilines is 1. The lowest BCUT2D eigenvalue weighted by atomic mass is 9.74. The zero-order valence-electron chi connectivity index (χ0n) is 19.3. The van der Waals surface area contributed by atoms with Crippen LogP contribution in [0, 0.1) is 12.3 Å². The molecule has 0 bridgehead atoms. The van der Waals surface area contributed by atoms with E-state index in [1.54, 1.807) is 9.80 Å². The van der Waals surface area contributed by atoms with Crippen molar-refractivity contribution in [3.05, 3.63) is 29.8 Å². The van der Waals surface area contributed by atoms with Gasteiger partial charge in [-0.05, 0) is 56.8 Å². The van der Waals surface area contributed by atoms with Crippen LogP contribution in [0.2, 0.25) is 0 Å². The molecule has 4 rings (SSSR count). The van der Waals surface area contributed by atoms with Crippen LogP contribution in [0.15, 0.2) is 24.3 Å². The number of terminal acetylenes is 1. The molecule has 2 saturated heterocycles. The van der Waals surface area contributed by atoms with Crippen molar-refractivity contribution in [2.45, 2.75) is 43.6 Å². The van der Waals surface area contributed by atoms with E-state index in [0.29, 0.717) is 12.6 Å². The van der Waals surface area contributed by atoms with Crippen molar-refractivity contribution in [2.24, 2.45) is 0 Å². The molecule has 7 nitrogen and oxygen atoms in total. The number of nitrogens with zero attached hydrogens (tertiary/aromatic N) is 4. The van der Waals surface area contributed by atoms with Crippen LogP contribution >= 0.6 is 0 Å². The van der Waals surface area contributed by atoms with E-state index in [1.807, 2.05) is 25.1 Å². The number of fused-ring (bicyclic) bond motifs is 2. The van der Waals surface area contributed by atoms with Crippen LogP contribution in [0.5, 0.6) is 0 Å². The number of carbonyl (C=O) groups excluding carboxylic acids is 2. The van der Waals surface area contributed by atoms with Gasteiger partial charge in [-0.2, -0.15) is 0 Å². The molecule has 0 aliphatic carbocycles. The van der Waals surface area contributed by atoms with Gasteiger partial charge in [-0.25, -0.2) is 9.59 Å². The predicted octanol–water partition coefficient (Wildman–Crippen LogP) is 3.15. The Kier molecular flexibility index (Phi) is 6.61. The summed E-state index contributed by atoms with van der Waals surface area (Å²) < 4.78 is 5.11. The summed E-state index contributed by atoms with van der Waals surface area (Å²) in [5, 5.41) is 0. The molecule has 3 amide bonds. The van der Waals surface area contributed by atoms with Gasteiger partial charge in [-0.15, -0.1) is 6.42 Å². The van der Waals surface area contributed by atoms with Gasteiger partial charge in [-0.3, -0.25) is 4.90 Å². The van der Waals surface area contributed by atoms with E-state index < -0.39 is 0 Å². The number of piperidine rings is 1. The number of urea groups is 1. The van der Waals surface area contributed by atoms with Crippen LogP contribution in [0.1, 0.15) is 37.7 Å². The second-order valence-electron chi connectivity index (χ2n) is 9.43. The first-order valence-corrected chi connectivity index (χ1v) is 11.6. The standard InChI is InChI=1S/C25H34N4O3/c1-4-18-32-24(31)28-14-7-8-20(11-15-28)27-16-12-25(13-17-27)19-29(23(30)26(2)3)22-10-6-5-9-21(22)25/h1,5-6,9-10,20H,7-8,11-19H2,2-3H3. The molecule has 32 heavy (non-hydrogen) atoms. The third-order valence-corrected chi connectivity index (χ3v) is 7.35. The van der Waals surface area contributed by atoms with Gasteiger partial charge in [-0.1, -0.05) is 24.1 Å². The Morgan fingerprint density at radius 1 is 1.16 bits per heavy atom. The highest BCUT2D eigenvalue weighted by Gasteiger charge is 2.47. The van der Waals surface area contributed by atoms with Gasteiger partial charge in [0.25, 0.3) is 0 Å². The largest absolute Gasteiger partial charge is 0.436 e. The Bertz CT molecular complexity index is 885. The number of hydrogen-bond donors (Lipinski definition) is 0. The van der Waals surface area contributed by atoms with Crippen molar-refractivity contribution in [3.8, 4) is 12.3 Å². The number of carbonyl (C=O) groups is 2. The topological polar surface area (TPSA) is 56.3 Å². The van der Waals surface area contributed by atoms with E-state index >= 15 is 0 Å². The third-order valence-electron chi connectivity index (χ3n) is 7.35. The maximum absolute atomic E-state index is 12.8. The quantitative estimate of drug-likeness (QED) is 0.666. The Balaban J connectivity index is 1.40. The summed E-state index contributed by atoms with van der Waals surface area (Å²) in [6, 6.07) is 8.94. The molecule has 3 aliphatic heterocycles. The molecule has 1 aromatic rings. The summed E-state index contributed by atoms with van der Waals surface area (Å²) in [4.78, 5) is 33.0. The van der Waals surface area contributed by atoms with Crippen molar-refractivity contribution < 1.29 is 14.3 Å². The fourth-order valence-corrected chi connectivity index (χ4v) is 5.61. The van der Waals surface area contributed by atoms with Gasteiger partial charge < -0.3 is 19.4 Å². The van der Waals surface area contributed by atoms with Crippen LogP contribution in [0.4, 0.5) is 15.3 Å². The van der Waals surface area contributed by atoms with Crippen LogP contribution in [0.25, 0.3) is 0 Å². The smallest absolute Gasteiger partial charge is 0.410 e. The molecule has 172 valence electrons. The second kappa shape index (κ2) is 9.41. The van der Waals surface area contributed by atoms with E-state index in [2.05, 4.69) is 29.0 Å². The van der Waals surface area contributed by atoms with Crippen LogP contribution in [-0.2, 0) is 10.2 Å². The molecular weight excluding hydrogens is 404 g/mol. The van der Waals surface area contributed by atoms with Crippen LogP contribution in [-0.4, -0.2) is 86.3 Å². The van der Waals surface area contributed by atoms with Crippen LogP contribution in [0.3, 0.4) is 0 Å². The highest BCUT2D eigenvalue weighted by atomic mass is 16.6. The molecule has 0 aromatic heterocycles. The summed E-state index contributed by atoms with van der Waals surface area (Å²) in [6.07, 6.45) is 10.0. The van der Waals surface area contributed by atoms with Crippen molar-refractivity contribution in [1.29, 1.82) is 0 Å². The molecule has 1 atom stereocenters. The first kappa shape index (κ1) is 22.5. The van der Waals surface area contributed by atoms with Gasteiger partial charge in [0, 0.05) is 50.9 Å². The van der Waals surface area contributed by atoms with E-state index in [4.69, 9.17) is 11.2 Å². The number of benzene rings is 1. The van der Waals surface area contributed by atoms with Gasteiger partial charge in [0.1, 0.15) is 0 Å². The van der Waals surface area contributed by atoms with E-state index in [1.165, 1.54) is 5.56 Å². The summed E-state index contributed by atoms with van der Waals surface area (Å²) in [5.74, 6) is 2.36. The molecule has 1 unspecified atom stereocenters. The predicted molar refractivity (Wildman–Crippen MR) is 125 cm³/mol. The number of rotatable bonds is 2. The van der Waals surface area contributed by atoms with E-state index in [-0.39, 0.29) is 24.1 Å². The zero-order valence-corrected chi connectivity index (χ0v) is 19.3. The molecular formula is C25H34N4O3.